The molecule has 5 rings (SSSR count). The molecule has 0 radical (unpaired) electrons. The number of carbonyl (C=O) groups excluding carboxylic acids is 1. The van der Waals surface area contributed by atoms with Gasteiger partial charge in [0.15, 0.2) is 0 Å². The number of methoxy groups -OCH3 is 1. The Kier molecular flexibility index (Phi) is 6.50. The number of rotatable bonds is 5. The maximum atomic E-state index is 12.3. The molecule has 0 spiro atoms. The Balaban J connectivity index is 1.60. The van der Waals surface area contributed by atoms with Crippen LogP contribution in [0, 0.1) is 5.92 Å². The van der Waals surface area contributed by atoms with Crippen LogP contribution in [0.1, 0.15) is 67.1 Å². The van der Waals surface area contributed by atoms with Gasteiger partial charge in [0.05, 0.1) is 30.6 Å². The molecule has 0 saturated heterocycles. The summed E-state index contributed by atoms with van der Waals surface area (Å²) in [6.07, 6.45) is 4.50. The molecule has 3 atom stereocenters. The number of carbonyl (C=O) groups is 2. The van der Waals surface area contributed by atoms with Crippen LogP contribution in [0.25, 0.3) is 11.0 Å². The molecule has 7 nitrogen and oxygen atoms in total. The van der Waals surface area contributed by atoms with E-state index in [1.165, 1.54) is 18.2 Å². The van der Waals surface area contributed by atoms with E-state index in [4.69, 9.17) is 9.72 Å². The highest BCUT2D eigenvalue weighted by atomic mass is 16.5. The van der Waals surface area contributed by atoms with E-state index in [1.54, 1.807) is 4.90 Å². The Bertz CT molecular complexity index is 1240. The molecule has 2 aliphatic rings. The molecule has 35 heavy (non-hydrogen) atoms. The van der Waals surface area contributed by atoms with Crippen LogP contribution in [0.4, 0.5) is 4.79 Å². The molecule has 1 fully saturated rings. The molecule has 1 saturated carbocycles. The molecular formula is C28H33N3O4. The second-order valence-electron chi connectivity index (χ2n) is 9.99. The van der Waals surface area contributed by atoms with Gasteiger partial charge in [-0.05, 0) is 56.2 Å². The van der Waals surface area contributed by atoms with Gasteiger partial charge in [0.1, 0.15) is 5.82 Å². The van der Waals surface area contributed by atoms with Crippen LogP contribution in [-0.4, -0.2) is 45.3 Å². The fraction of sp³-hybridized carbons (Fsp3) is 0.464. The van der Waals surface area contributed by atoms with Crippen LogP contribution in [0.5, 0.6) is 0 Å². The summed E-state index contributed by atoms with van der Waals surface area (Å²) < 4.78 is 7.33. The second-order valence-corrected chi connectivity index (χ2v) is 9.99. The number of ether oxygens (including phenoxy) is 1. The SMILES string of the molecule is COC(=O)N1CCc2ccc3c(nc([C@H]4CCC[C@@H](C(=O)O)C4)n3[C@H](C)Cc3ccccc3)c2C1. The Morgan fingerprint density at radius 2 is 1.97 bits per heavy atom. The van der Waals surface area contributed by atoms with Crippen molar-refractivity contribution in [2.24, 2.45) is 5.92 Å². The number of carboxylic acids is 1. The van der Waals surface area contributed by atoms with Crippen molar-refractivity contribution in [3.63, 3.8) is 0 Å². The van der Waals surface area contributed by atoms with Crippen LogP contribution in [0.2, 0.25) is 0 Å². The third-order valence-electron chi connectivity index (χ3n) is 7.73. The van der Waals surface area contributed by atoms with Gasteiger partial charge in [-0.3, -0.25) is 4.79 Å². The quantitative estimate of drug-likeness (QED) is 0.540. The van der Waals surface area contributed by atoms with Gasteiger partial charge in [-0.1, -0.05) is 42.8 Å². The first-order chi connectivity index (χ1) is 17.0. The van der Waals surface area contributed by atoms with Crippen molar-refractivity contribution in [3.05, 3.63) is 65.0 Å². The number of hydrogen-bond acceptors (Lipinski definition) is 4. The predicted molar refractivity (Wildman–Crippen MR) is 133 cm³/mol. The lowest BCUT2D eigenvalue weighted by atomic mass is 9.81. The highest BCUT2D eigenvalue weighted by Crippen LogP contribution is 2.40. The number of imidazole rings is 1. The van der Waals surface area contributed by atoms with Crippen LogP contribution < -0.4 is 0 Å². The molecule has 184 valence electrons. The number of benzene rings is 2. The van der Waals surface area contributed by atoms with E-state index in [9.17, 15) is 14.7 Å². The van der Waals surface area contributed by atoms with Gasteiger partial charge < -0.3 is 19.3 Å². The lowest BCUT2D eigenvalue weighted by Gasteiger charge is -2.28. The molecule has 1 N–H and O–H groups in total. The van der Waals surface area contributed by atoms with Gasteiger partial charge in [0.2, 0.25) is 0 Å². The minimum absolute atomic E-state index is 0.103. The zero-order valence-electron chi connectivity index (χ0n) is 20.4. The molecule has 1 aliphatic carbocycles. The van der Waals surface area contributed by atoms with E-state index in [1.807, 2.05) is 6.07 Å². The van der Waals surface area contributed by atoms with Gasteiger partial charge in [-0.15, -0.1) is 0 Å². The lowest BCUT2D eigenvalue weighted by molar-refractivity contribution is -0.143. The zero-order valence-corrected chi connectivity index (χ0v) is 20.4. The van der Waals surface area contributed by atoms with Gasteiger partial charge in [0, 0.05) is 24.1 Å². The first-order valence-electron chi connectivity index (χ1n) is 12.6. The Morgan fingerprint density at radius 1 is 1.17 bits per heavy atom. The van der Waals surface area contributed by atoms with Crippen molar-refractivity contribution in [2.45, 2.75) is 64.0 Å². The summed E-state index contributed by atoms with van der Waals surface area (Å²) in [7, 11) is 1.42. The van der Waals surface area contributed by atoms with Crippen LogP contribution in [-0.2, 0) is 28.9 Å². The summed E-state index contributed by atoms with van der Waals surface area (Å²) in [6.45, 7) is 3.33. The Hall–Kier alpha value is -3.35. The van der Waals surface area contributed by atoms with Crippen molar-refractivity contribution in [1.82, 2.24) is 14.5 Å². The van der Waals surface area contributed by atoms with Gasteiger partial charge >= 0.3 is 12.1 Å². The maximum Gasteiger partial charge on any atom is 0.409 e. The molecule has 1 aliphatic heterocycles. The number of fused-ring (bicyclic) bond motifs is 3. The third kappa shape index (κ3) is 4.51. The fourth-order valence-electron chi connectivity index (χ4n) is 5.94. The summed E-state index contributed by atoms with van der Waals surface area (Å²) in [4.78, 5) is 31.0. The molecule has 0 unspecified atom stereocenters. The summed E-state index contributed by atoms with van der Waals surface area (Å²) in [6, 6.07) is 14.9. The van der Waals surface area contributed by atoms with Gasteiger partial charge in [-0.25, -0.2) is 9.78 Å². The fourth-order valence-corrected chi connectivity index (χ4v) is 5.94. The molecule has 7 heteroatoms. The lowest BCUT2D eigenvalue weighted by Crippen LogP contribution is -2.35. The monoisotopic (exact) mass is 475 g/mol. The zero-order chi connectivity index (χ0) is 24.5. The maximum absolute atomic E-state index is 12.3. The Morgan fingerprint density at radius 3 is 2.71 bits per heavy atom. The third-order valence-corrected chi connectivity index (χ3v) is 7.73. The van der Waals surface area contributed by atoms with E-state index in [2.05, 4.69) is 47.9 Å². The summed E-state index contributed by atoms with van der Waals surface area (Å²) >= 11 is 0. The number of aromatic nitrogens is 2. The molecule has 2 aromatic carbocycles. The smallest absolute Gasteiger partial charge is 0.409 e. The van der Waals surface area contributed by atoms with Crippen LogP contribution in [0.15, 0.2) is 42.5 Å². The van der Waals surface area contributed by atoms with Crippen LogP contribution >= 0.6 is 0 Å². The van der Waals surface area contributed by atoms with E-state index in [0.29, 0.717) is 19.5 Å². The van der Waals surface area contributed by atoms with E-state index in [0.717, 1.165) is 54.5 Å². The highest BCUT2D eigenvalue weighted by Gasteiger charge is 2.33. The second kappa shape index (κ2) is 9.72. The number of hydrogen-bond donors (Lipinski definition) is 1. The van der Waals surface area contributed by atoms with Crippen molar-refractivity contribution >= 4 is 23.1 Å². The van der Waals surface area contributed by atoms with E-state index < -0.39 is 5.97 Å². The number of aliphatic carboxylic acids is 1. The molecule has 1 aromatic heterocycles. The largest absolute Gasteiger partial charge is 0.481 e. The van der Waals surface area contributed by atoms with E-state index >= 15 is 0 Å². The summed E-state index contributed by atoms with van der Waals surface area (Å²) in [5.74, 6) is 0.0559. The summed E-state index contributed by atoms with van der Waals surface area (Å²) in [5.41, 5.74) is 5.55. The number of nitrogens with zero attached hydrogens (tertiary/aromatic N) is 3. The molecule has 2 heterocycles. The Labute approximate surface area is 205 Å². The van der Waals surface area contributed by atoms with Crippen molar-refractivity contribution < 1.29 is 19.4 Å². The highest BCUT2D eigenvalue weighted by molar-refractivity contribution is 5.82. The normalized spacial score (nSPS) is 20.9. The molecule has 0 bridgehead atoms. The molecule has 3 aromatic rings. The predicted octanol–water partition coefficient (Wildman–Crippen LogP) is 5.32. The number of carboxylic acid groups (broad SMARTS) is 1. The average Bonchev–Trinajstić information content (AvgIpc) is 3.29. The summed E-state index contributed by atoms with van der Waals surface area (Å²) in [5, 5.41) is 9.70. The van der Waals surface area contributed by atoms with Crippen LogP contribution in [0.3, 0.4) is 0 Å². The van der Waals surface area contributed by atoms with Crippen molar-refractivity contribution in [3.8, 4) is 0 Å². The van der Waals surface area contributed by atoms with E-state index in [-0.39, 0.29) is 24.0 Å². The molecular weight excluding hydrogens is 442 g/mol. The topological polar surface area (TPSA) is 84.7 Å². The minimum Gasteiger partial charge on any atom is -0.481 e. The first kappa shape index (κ1) is 23.4. The number of amides is 1. The average molecular weight is 476 g/mol. The minimum atomic E-state index is -0.708. The first-order valence-corrected chi connectivity index (χ1v) is 12.6. The van der Waals surface area contributed by atoms with Crippen molar-refractivity contribution in [1.29, 1.82) is 0 Å². The van der Waals surface area contributed by atoms with Crippen molar-refractivity contribution in [2.75, 3.05) is 13.7 Å². The standard InChI is InChI=1S/C28H33N3O4/c1-18(15-19-7-4-3-5-8-19)31-24-12-11-20-13-14-30(28(34)35-2)17-23(20)25(24)29-26(31)21-9-6-10-22(16-21)27(32)33/h3-5,7-8,11-12,18,21-22H,6,9-10,13-17H2,1-2H3,(H,32,33)/t18-,21+,22-/m1/s1. The molecule has 1 amide bonds. The van der Waals surface area contributed by atoms with Gasteiger partial charge in [-0.2, -0.15) is 0 Å². The van der Waals surface area contributed by atoms with Gasteiger partial charge in [0.25, 0.3) is 0 Å².